The Balaban J connectivity index is 2.21. The standard InChI is InChI=1S/C13H20N2O3S/c1-9-2-5-11(6-3-9)18-12-7-4-10(14)8-13(12)19(15,16)17/h4,7-9,11H,2-3,5-6,14H2,1H3,(H2,15,16,17). The first-order chi connectivity index (χ1) is 8.86. The van der Waals surface area contributed by atoms with Crippen molar-refractivity contribution in [3.63, 3.8) is 0 Å². The van der Waals surface area contributed by atoms with Crippen LogP contribution in [0.2, 0.25) is 0 Å². The Labute approximate surface area is 114 Å². The lowest BCUT2D eigenvalue weighted by Gasteiger charge is -2.27. The fourth-order valence-corrected chi connectivity index (χ4v) is 3.07. The molecule has 0 amide bonds. The Kier molecular flexibility index (Phi) is 4.01. The van der Waals surface area contributed by atoms with Gasteiger partial charge in [-0.05, 0) is 49.8 Å². The van der Waals surface area contributed by atoms with Gasteiger partial charge in [-0.3, -0.25) is 0 Å². The van der Waals surface area contributed by atoms with E-state index in [9.17, 15) is 8.42 Å². The van der Waals surface area contributed by atoms with Gasteiger partial charge in [0.25, 0.3) is 0 Å². The van der Waals surface area contributed by atoms with Crippen LogP contribution in [0.4, 0.5) is 5.69 Å². The molecule has 2 rings (SSSR count). The number of anilines is 1. The fourth-order valence-electron chi connectivity index (χ4n) is 2.37. The Hall–Kier alpha value is -1.27. The smallest absolute Gasteiger partial charge is 0.241 e. The summed E-state index contributed by atoms with van der Waals surface area (Å²) < 4.78 is 28.9. The van der Waals surface area contributed by atoms with Crippen LogP contribution in [0.25, 0.3) is 0 Å². The molecule has 0 atom stereocenters. The molecule has 0 unspecified atom stereocenters. The molecular weight excluding hydrogens is 264 g/mol. The van der Waals surface area contributed by atoms with E-state index in [0.29, 0.717) is 17.4 Å². The van der Waals surface area contributed by atoms with E-state index in [4.69, 9.17) is 15.6 Å². The van der Waals surface area contributed by atoms with Crippen molar-refractivity contribution < 1.29 is 13.2 Å². The number of hydrogen-bond acceptors (Lipinski definition) is 4. The van der Waals surface area contributed by atoms with Crippen LogP contribution in [-0.2, 0) is 10.0 Å². The maximum Gasteiger partial charge on any atom is 0.241 e. The molecule has 0 saturated heterocycles. The van der Waals surface area contributed by atoms with Gasteiger partial charge in [0.1, 0.15) is 10.6 Å². The van der Waals surface area contributed by atoms with E-state index in [-0.39, 0.29) is 11.0 Å². The van der Waals surface area contributed by atoms with Gasteiger partial charge in [0.15, 0.2) is 0 Å². The van der Waals surface area contributed by atoms with Crippen LogP contribution < -0.4 is 15.6 Å². The van der Waals surface area contributed by atoms with E-state index in [1.165, 1.54) is 6.07 Å². The lowest BCUT2D eigenvalue weighted by molar-refractivity contribution is 0.132. The molecule has 5 nitrogen and oxygen atoms in total. The number of benzene rings is 1. The molecule has 106 valence electrons. The van der Waals surface area contributed by atoms with Crippen molar-refractivity contribution in [3.05, 3.63) is 18.2 Å². The number of hydrogen-bond donors (Lipinski definition) is 2. The number of sulfonamides is 1. The van der Waals surface area contributed by atoms with Gasteiger partial charge in [0.2, 0.25) is 10.0 Å². The van der Waals surface area contributed by atoms with Crippen LogP contribution in [0.5, 0.6) is 5.75 Å². The van der Waals surface area contributed by atoms with Crippen LogP contribution in [0.3, 0.4) is 0 Å². The number of nitrogen functional groups attached to an aromatic ring is 1. The first-order valence-corrected chi connectivity index (χ1v) is 8.00. The van der Waals surface area contributed by atoms with Crippen LogP contribution >= 0.6 is 0 Å². The summed E-state index contributed by atoms with van der Waals surface area (Å²) in [6.07, 6.45) is 4.14. The minimum Gasteiger partial charge on any atom is -0.489 e. The predicted octanol–water partition coefficient (Wildman–Crippen LogP) is 1.87. The molecule has 1 fully saturated rings. The summed E-state index contributed by atoms with van der Waals surface area (Å²) >= 11 is 0. The first-order valence-electron chi connectivity index (χ1n) is 6.45. The zero-order valence-electron chi connectivity index (χ0n) is 11.0. The molecule has 19 heavy (non-hydrogen) atoms. The molecule has 0 radical (unpaired) electrons. The highest BCUT2D eigenvalue weighted by atomic mass is 32.2. The van der Waals surface area contributed by atoms with E-state index >= 15 is 0 Å². The summed E-state index contributed by atoms with van der Waals surface area (Å²) in [5.74, 6) is 1.01. The largest absolute Gasteiger partial charge is 0.489 e. The van der Waals surface area contributed by atoms with Crippen molar-refractivity contribution in [2.75, 3.05) is 5.73 Å². The van der Waals surface area contributed by atoms with Crippen molar-refractivity contribution in [3.8, 4) is 5.75 Å². The van der Waals surface area contributed by atoms with Gasteiger partial charge in [0.05, 0.1) is 6.10 Å². The maximum atomic E-state index is 11.5. The van der Waals surface area contributed by atoms with E-state index in [1.807, 2.05) is 0 Å². The average Bonchev–Trinajstić information content (AvgIpc) is 2.33. The lowest BCUT2D eigenvalue weighted by Crippen LogP contribution is -2.24. The van der Waals surface area contributed by atoms with E-state index in [0.717, 1.165) is 25.7 Å². The summed E-state index contributed by atoms with van der Waals surface area (Å²) in [4.78, 5) is -0.0360. The average molecular weight is 284 g/mol. The third kappa shape index (κ3) is 3.61. The molecule has 1 aliphatic carbocycles. The van der Waals surface area contributed by atoms with Crippen molar-refractivity contribution in [1.29, 1.82) is 0 Å². The third-order valence-corrected chi connectivity index (χ3v) is 4.46. The summed E-state index contributed by atoms with van der Waals surface area (Å²) in [6.45, 7) is 2.22. The van der Waals surface area contributed by atoms with E-state index < -0.39 is 10.0 Å². The molecule has 1 aromatic rings. The number of ether oxygens (including phenoxy) is 1. The van der Waals surface area contributed by atoms with E-state index in [1.54, 1.807) is 12.1 Å². The molecule has 1 saturated carbocycles. The summed E-state index contributed by atoms with van der Waals surface area (Å²) in [5.41, 5.74) is 5.96. The van der Waals surface area contributed by atoms with Gasteiger partial charge in [-0.2, -0.15) is 0 Å². The second kappa shape index (κ2) is 5.38. The molecule has 0 heterocycles. The van der Waals surface area contributed by atoms with Gasteiger partial charge in [-0.1, -0.05) is 6.92 Å². The molecule has 1 aromatic carbocycles. The monoisotopic (exact) mass is 284 g/mol. The van der Waals surface area contributed by atoms with Crippen LogP contribution in [0.15, 0.2) is 23.1 Å². The summed E-state index contributed by atoms with van der Waals surface area (Å²) in [6, 6.07) is 4.54. The van der Waals surface area contributed by atoms with Gasteiger partial charge in [-0.25, -0.2) is 13.6 Å². The molecule has 0 aromatic heterocycles. The highest BCUT2D eigenvalue weighted by molar-refractivity contribution is 7.89. The zero-order chi connectivity index (χ0) is 14.0. The number of primary sulfonamides is 1. The maximum absolute atomic E-state index is 11.5. The third-order valence-electron chi connectivity index (χ3n) is 3.53. The molecule has 6 heteroatoms. The minimum absolute atomic E-state index is 0.0360. The highest BCUT2D eigenvalue weighted by Gasteiger charge is 2.23. The normalized spacial score (nSPS) is 24.1. The van der Waals surface area contributed by atoms with E-state index in [2.05, 4.69) is 6.92 Å². The fraction of sp³-hybridized carbons (Fsp3) is 0.538. The van der Waals surface area contributed by atoms with Crippen molar-refractivity contribution >= 4 is 15.7 Å². The summed E-state index contributed by atoms with van der Waals surface area (Å²) in [7, 11) is -3.82. The Morgan fingerprint density at radius 1 is 1.21 bits per heavy atom. The SMILES string of the molecule is CC1CCC(Oc2ccc(N)cc2S(N)(=O)=O)CC1. The predicted molar refractivity (Wildman–Crippen MR) is 74.3 cm³/mol. The van der Waals surface area contributed by atoms with Crippen molar-refractivity contribution in [1.82, 2.24) is 0 Å². The van der Waals surface area contributed by atoms with Crippen molar-refractivity contribution in [2.45, 2.75) is 43.6 Å². The number of nitrogens with two attached hydrogens (primary N) is 2. The molecule has 0 bridgehead atoms. The molecule has 0 spiro atoms. The Morgan fingerprint density at radius 3 is 2.42 bits per heavy atom. The van der Waals surface area contributed by atoms with Gasteiger partial charge in [-0.15, -0.1) is 0 Å². The second-order valence-electron chi connectivity index (χ2n) is 5.25. The Morgan fingerprint density at radius 2 is 1.84 bits per heavy atom. The van der Waals surface area contributed by atoms with Gasteiger partial charge in [0, 0.05) is 5.69 Å². The first kappa shape index (κ1) is 14.1. The molecule has 4 N–H and O–H groups in total. The number of rotatable bonds is 3. The zero-order valence-corrected chi connectivity index (χ0v) is 11.8. The quantitative estimate of drug-likeness (QED) is 0.828. The van der Waals surface area contributed by atoms with Crippen LogP contribution in [-0.4, -0.2) is 14.5 Å². The highest BCUT2D eigenvalue weighted by Crippen LogP contribution is 2.31. The Bertz CT molecular complexity index is 549. The molecule has 1 aliphatic rings. The topological polar surface area (TPSA) is 95.4 Å². The van der Waals surface area contributed by atoms with Gasteiger partial charge < -0.3 is 10.5 Å². The van der Waals surface area contributed by atoms with Crippen LogP contribution in [0, 0.1) is 5.92 Å². The van der Waals surface area contributed by atoms with Crippen LogP contribution in [0.1, 0.15) is 32.6 Å². The van der Waals surface area contributed by atoms with Crippen molar-refractivity contribution in [2.24, 2.45) is 11.1 Å². The molecular formula is C13H20N2O3S. The minimum atomic E-state index is -3.82. The van der Waals surface area contributed by atoms with Gasteiger partial charge >= 0.3 is 0 Å². The second-order valence-corrected chi connectivity index (χ2v) is 6.78. The lowest BCUT2D eigenvalue weighted by atomic mass is 9.89. The molecule has 0 aliphatic heterocycles. The summed E-state index contributed by atoms with van der Waals surface area (Å²) in [5, 5.41) is 5.19.